The molecule has 4 rings (SSSR count). The molecule has 1 aromatic carbocycles. The van der Waals surface area contributed by atoms with E-state index >= 15 is 0 Å². The summed E-state index contributed by atoms with van der Waals surface area (Å²) in [7, 11) is 2.13. The number of likely N-dealkylation sites (N-methyl/N-ethyl adjacent to an activating group) is 1. The van der Waals surface area contributed by atoms with Gasteiger partial charge in [0.25, 0.3) is 0 Å². The molecule has 6 nitrogen and oxygen atoms in total. The Balaban J connectivity index is 1.26. The molecule has 3 aromatic rings. The molecule has 2 heterocycles. The SMILES string of the molecule is [C-]#[N+]/C(=C\c1cc2c(s1)-c1sc(N(C)CCOCCOCCOCCOCCC)cc1C2(C)C)c1ccc(C)cc1. The van der Waals surface area contributed by atoms with Crippen molar-refractivity contribution in [1.29, 1.82) is 0 Å². The first kappa shape index (κ1) is 31.4. The Morgan fingerprint density at radius 3 is 2.02 bits per heavy atom. The Bertz CT molecular complexity index is 1330. The number of rotatable bonds is 17. The summed E-state index contributed by atoms with van der Waals surface area (Å²) in [4.78, 5) is 9.92. The lowest BCUT2D eigenvalue weighted by atomic mass is 9.84. The maximum absolute atomic E-state index is 7.75. The summed E-state index contributed by atoms with van der Waals surface area (Å²) in [5.74, 6) is 0. The van der Waals surface area contributed by atoms with Crippen LogP contribution in [0.1, 0.15) is 54.3 Å². The van der Waals surface area contributed by atoms with Gasteiger partial charge in [-0.3, -0.25) is 0 Å². The summed E-state index contributed by atoms with van der Waals surface area (Å²) < 4.78 is 22.3. The maximum Gasteiger partial charge on any atom is 0.195 e. The van der Waals surface area contributed by atoms with Gasteiger partial charge in [-0.15, -0.1) is 22.7 Å². The second kappa shape index (κ2) is 15.1. The molecule has 0 aliphatic heterocycles. The molecule has 41 heavy (non-hydrogen) atoms. The van der Waals surface area contributed by atoms with Crippen molar-refractivity contribution in [3.8, 4) is 9.75 Å². The van der Waals surface area contributed by atoms with Gasteiger partial charge in [-0.05, 0) is 48.2 Å². The Morgan fingerprint density at radius 2 is 1.41 bits per heavy atom. The largest absolute Gasteiger partial charge is 0.379 e. The average Bonchev–Trinajstić information content (AvgIpc) is 3.64. The minimum atomic E-state index is -0.0644. The first-order valence-corrected chi connectivity index (χ1v) is 16.0. The van der Waals surface area contributed by atoms with E-state index < -0.39 is 0 Å². The minimum absolute atomic E-state index is 0.0644. The van der Waals surface area contributed by atoms with Gasteiger partial charge in [-0.2, -0.15) is 0 Å². The maximum atomic E-state index is 7.75. The molecule has 1 aliphatic rings. The number of anilines is 1. The van der Waals surface area contributed by atoms with Crippen molar-refractivity contribution in [2.75, 3.05) is 71.3 Å². The monoisotopic (exact) mass is 594 g/mol. The molecule has 0 radical (unpaired) electrons. The highest BCUT2D eigenvalue weighted by atomic mass is 32.1. The van der Waals surface area contributed by atoms with Gasteiger partial charge in [0, 0.05) is 35.4 Å². The molecule has 0 spiro atoms. The predicted molar refractivity (Wildman–Crippen MR) is 172 cm³/mol. The van der Waals surface area contributed by atoms with E-state index in [0.29, 0.717) is 51.9 Å². The summed E-state index contributed by atoms with van der Waals surface area (Å²) in [6.07, 6.45) is 3.07. The summed E-state index contributed by atoms with van der Waals surface area (Å²) >= 11 is 3.64. The first-order chi connectivity index (χ1) is 19.8. The van der Waals surface area contributed by atoms with Crippen LogP contribution in [-0.4, -0.2) is 66.4 Å². The number of hydrogen-bond acceptors (Lipinski definition) is 7. The lowest BCUT2D eigenvalue weighted by Crippen LogP contribution is -2.23. The van der Waals surface area contributed by atoms with Crippen LogP contribution >= 0.6 is 22.7 Å². The first-order valence-electron chi connectivity index (χ1n) is 14.3. The smallest absolute Gasteiger partial charge is 0.195 e. The van der Waals surface area contributed by atoms with Gasteiger partial charge in [0.2, 0.25) is 0 Å². The summed E-state index contributed by atoms with van der Waals surface area (Å²) in [5, 5.41) is 1.25. The second-order valence-electron chi connectivity index (χ2n) is 10.7. The number of hydrogen-bond donors (Lipinski definition) is 0. The fourth-order valence-electron chi connectivity index (χ4n) is 4.72. The summed E-state index contributed by atoms with van der Waals surface area (Å²) in [5.41, 5.74) is 5.52. The van der Waals surface area contributed by atoms with Crippen LogP contribution < -0.4 is 4.90 Å². The molecule has 220 valence electrons. The highest BCUT2D eigenvalue weighted by Crippen LogP contribution is 2.57. The third-order valence-corrected chi connectivity index (χ3v) is 9.68. The Labute approximate surface area is 253 Å². The summed E-state index contributed by atoms with van der Waals surface area (Å²) in [6.45, 7) is 22.3. The van der Waals surface area contributed by atoms with Gasteiger partial charge in [0.15, 0.2) is 5.70 Å². The predicted octanol–water partition coefficient (Wildman–Crippen LogP) is 7.75. The molecule has 2 aromatic heterocycles. The molecule has 0 saturated heterocycles. The second-order valence-corrected chi connectivity index (χ2v) is 12.8. The standard InChI is InChI=1S/C33H42N2O4S2/c1-7-13-36-15-17-38-19-20-39-18-16-37-14-12-35(6)30-23-28-32(41-30)31-27(33(28,3)4)21-26(40-31)22-29(34-5)25-10-8-24(2)9-11-25/h8-11,21-23H,7,12-20H2,1-4,6H3/b29-22-. The minimum Gasteiger partial charge on any atom is -0.379 e. The van der Waals surface area contributed by atoms with Gasteiger partial charge in [0.1, 0.15) is 0 Å². The fraction of sp³-hybridized carbons (Fsp3) is 0.485. The molecule has 0 amide bonds. The molecular formula is C33H42N2O4S2. The van der Waals surface area contributed by atoms with E-state index in [1.807, 2.05) is 29.5 Å². The highest BCUT2D eigenvalue weighted by Gasteiger charge is 2.39. The van der Waals surface area contributed by atoms with Gasteiger partial charge >= 0.3 is 0 Å². The van der Waals surface area contributed by atoms with E-state index in [0.717, 1.165) is 30.0 Å². The Kier molecular flexibility index (Phi) is 11.6. The number of benzene rings is 1. The van der Waals surface area contributed by atoms with E-state index in [1.54, 1.807) is 11.3 Å². The van der Waals surface area contributed by atoms with Crippen molar-refractivity contribution in [3.63, 3.8) is 0 Å². The number of thiophene rings is 2. The van der Waals surface area contributed by atoms with Gasteiger partial charge in [-0.1, -0.05) is 50.6 Å². The highest BCUT2D eigenvalue weighted by molar-refractivity contribution is 7.25. The molecular weight excluding hydrogens is 553 g/mol. The zero-order valence-corrected chi connectivity index (χ0v) is 26.6. The van der Waals surface area contributed by atoms with Gasteiger partial charge in [-0.25, -0.2) is 4.85 Å². The van der Waals surface area contributed by atoms with Crippen LogP contribution in [0.4, 0.5) is 5.00 Å². The van der Waals surface area contributed by atoms with Crippen molar-refractivity contribution in [3.05, 3.63) is 74.9 Å². The lowest BCUT2D eigenvalue weighted by Gasteiger charge is -2.20. The lowest BCUT2D eigenvalue weighted by molar-refractivity contribution is -0.000948. The summed E-state index contributed by atoms with van der Waals surface area (Å²) in [6, 6.07) is 12.8. The number of nitrogens with zero attached hydrogens (tertiary/aromatic N) is 2. The molecule has 0 unspecified atom stereocenters. The molecule has 0 atom stereocenters. The quantitative estimate of drug-likeness (QED) is 0.118. The van der Waals surface area contributed by atoms with E-state index in [2.05, 4.69) is 68.8 Å². The third kappa shape index (κ3) is 8.07. The van der Waals surface area contributed by atoms with Crippen molar-refractivity contribution in [2.24, 2.45) is 0 Å². The van der Waals surface area contributed by atoms with Crippen LogP contribution in [0.15, 0.2) is 36.4 Å². The molecule has 1 aliphatic carbocycles. The van der Waals surface area contributed by atoms with Crippen molar-refractivity contribution in [1.82, 2.24) is 0 Å². The Hall–Kier alpha value is -2.51. The molecule has 8 heteroatoms. The molecule has 0 N–H and O–H groups in total. The van der Waals surface area contributed by atoms with E-state index in [1.165, 1.54) is 31.4 Å². The normalized spacial score (nSPS) is 13.7. The Morgan fingerprint density at radius 1 is 0.854 bits per heavy atom. The molecule has 0 saturated carbocycles. The molecule has 0 bridgehead atoms. The van der Waals surface area contributed by atoms with Crippen LogP contribution in [0.2, 0.25) is 0 Å². The van der Waals surface area contributed by atoms with Gasteiger partial charge in [0.05, 0.1) is 62.7 Å². The zero-order valence-electron chi connectivity index (χ0n) is 25.0. The van der Waals surface area contributed by atoms with E-state index in [-0.39, 0.29) is 5.41 Å². The van der Waals surface area contributed by atoms with Crippen LogP contribution in [0.5, 0.6) is 0 Å². The van der Waals surface area contributed by atoms with E-state index in [4.69, 9.17) is 25.5 Å². The van der Waals surface area contributed by atoms with Crippen LogP contribution in [-0.2, 0) is 24.4 Å². The topological polar surface area (TPSA) is 44.5 Å². The number of aryl methyl sites for hydroxylation is 1. The third-order valence-electron chi connectivity index (χ3n) is 7.18. The van der Waals surface area contributed by atoms with Crippen molar-refractivity contribution in [2.45, 2.75) is 39.5 Å². The average molecular weight is 595 g/mol. The van der Waals surface area contributed by atoms with Crippen LogP contribution in [0.3, 0.4) is 0 Å². The fourth-order valence-corrected chi connectivity index (χ4v) is 7.43. The number of fused-ring (bicyclic) bond motifs is 3. The van der Waals surface area contributed by atoms with Crippen LogP contribution in [0.25, 0.3) is 26.4 Å². The van der Waals surface area contributed by atoms with Gasteiger partial charge < -0.3 is 23.8 Å². The van der Waals surface area contributed by atoms with E-state index in [9.17, 15) is 0 Å². The van der Waals surface area contributed by atoms with Crippen LogP contribution in [0, 0.1) is 13.5 Å². The van der Waals surface area contributed by atoms with Crippen molar-refractivity contribution < 1.29 is 18.9 Å². The number of ether oxygens (including phenoxy) is 4. The molecule has 0 fully saturated rings. The zero-order chi connectivity index (χ0) is 29.2. The van der Waals surface area contributed by atoms with Crippen molar-refractivity contribution >= 4 is 39.4 Å².